The molecule has 0 bridgehead atoms. The van der Waals surface area contributed by atoms with E-state index in [4.69, 9.17) is 11.6 Å². The minimum atomic E-state index is -0.898. The molecule has 1 unspecified atom stereocenters. The maximum Gasteiger partial charge on any atom is 0.157 e. The molecule has 2 aromatic rings. The zero-order chi connectivity index (χ0) is 15.3. The van der Waals surface area contributed by atoms with E-state index in [1.54, 1.807) is 14.0 Å². The van der Waals surface area contributed by atoms with Crippen molar-refractivity contribution in [3.63, 3.8) is 0 Å². The molecular weight excluding hydrogens is 288 g/mol. The molecule has 1 atom stereocenters. The molecule has 0 fully saturated rings. The Morgan fingerprint density at radius 1 is 1.24 bits per heavy atom. The molecule has 6 heteroatoms. The highest BCUT2D eigenvalue weighted by Gasteiger charge is 2.22. The highest BCUT2D eigenvalue weighted by molar-refractivity contribution is 6.32. The molecule has 3 N–H and O–H groups in total. The van der Waals surface area contributed by atoms with Crippen LogP contribution < -0.4 is 10.6 Å². The molecule has 1 aromatic carbocycles. The SMILES string of the molecule is CNc1c(Cl)ncnc1NCCC(C)(O)c1ccccc1. The topological polar surface area (TPSA) is 70.1 Å². The third-order valence-electron chi connectivity index (χ3n) is 3.35. The minimum Gasteiger partial charge on any atom is -0.385 e. The van der Waals surface area contributed by atoms with Crippen LogP contribution in [0.3, 0.4) is 0 Å². The standard InChI is InChI=1S/C15H19ClN4O/c1-15(21,11-6-4-3-5-7-11)8-9-18-14-12(17-2)13(16)19-10-20-14/h3-7,10,17,21H,8-9H2,1-2H3,(H,18,19,20). The Labute approximate surface area is 129 Å². The van der Waals surface area contributed by atoms with Gasteiger partial charge < -0.3 is 15.7 Å². The molecule has 5 nitrogen and oxygen atoms in total. The van der Waals surface area contributed by atoms with Crippen LogP contribution in [0.5, 0.6) is 0 Å². The fourth-order valence-corrected chi connectivity index (χ4v) is 2.31. The number of hydrogen-bond donors (Lipinski definition) is 3. The molecule has 0 aliphatic carbocycles. The molecule has 0 aliphatic rings. The van der Waals surface area contributed by atoms with Gasteiger partial charge in [-0.1, -0.05) is 41.9 Å². The molecule has 21 heavy (non-hydrogen) atoms. The van der Waals surface area contributed by atoms with Crippen molar-refractivity contribution in [3.05, 3.63) is 47.4 Å². The van der Waals surface area contributed by atoms with Gasteiger partial charge in [-0.2, -0.15) is 0 Å². The normalized spacial score (nSPS) is 13.5. The molecule has 0 spiro atoms. The summed E-state index contributed by atoms with van der Waals surface area (Å²) in [6, 6.07) is 9.60. The summed E-state index contributed by atoms with van der Waals surface area (Å²) in [5, 5.41) is 17.0. The van der Waals surface area contributed by atoms with Crippen LogP contribution in [0.15, 0.2) is 36.7 Å². The second kappa shape index (κ2) is 6.74. The molecule has 0 saturated carbocycles. The van der Waals surface area contributed by atoms with E-state index in [2.05, 4.69) is 20.6 Å². The van der Waals surface area contributed by atoms with Crippen molar-refractivity contribution in [1.29, 1.82) is 0 Å². The molecule has 0 aliphatic heterocycles. The Kier molecular flexibility index (Phi) is 4.98. The van der Waals surface area contributed by atoms with Gasteiger partial charge in [0.1, 0.15) is 12.0 Å². The van der Waals surface area contributed by atoms with Crippen molar-refractivity contribution >= 4 is 23.1 Å². The molecular formula is C15H19ClN4O. The summed E-state index contributed by atoms with van der Waals surface area (Å²) in [5.41, 5.74) is 0.644. The highest BCUT2D eigenvalue weighted by atomic mass is 35.5. The maximum atomic E-state index is 10.5. The number of rotatable bonds is 6. The predicted octanol–water partition coefficient (Wildman–Crippen LogP) is 2.88. The first-order valence-electron chi connectivity index (χ1n) is 6.74. The zero-order valence-electron chi connectivity index (χ0n) is 12.1. The summed E-state index contributed by atoms with van der Waals surface area (Å²) < 4.78 is 0. The van der Waals surface area contributed by atoms with Gasteiger partial charge in [0.05, 0.1) is 5.60 Å². The van der Waals surface area contributed by atoms with Crippen molar-refractivity contribution in [3.8, 4) is 0 Å². The number of benzene rings is 1. The first kappa shape index (κ1) is 15.5. The largest absolute Gasteiger partial charge is 0.385 e. The van der Waals surface area contributed by atoms with Gasteiger partial charge in [-0.05, 0) is 18.9 Å². The van der Waals surface area contributed by atoms with E-state index in [1.807, 2.05) is 30.3 Å². The van der Waals surface area contributed by atoms with Crippen LogP contribution in [0.2, 0.25) is 5.15 Å². The number of nitrogens with one attached hydrogen (secondary N) is 2. The summed E-state index contributed by atoms with van der Waals surface area (Å²) in [7, 11) is 1.76. The van der Waals surface area contributed by atoms with Crippen molar-refractivity contribution < 1.29 is 5.11 Å². The molecule has 2 rings (SSSR count). The highest BCUT2D eigenvalue weighted by Crippen LogP contribution is 2.27. The third kappa shape index (κ3) is 3.83. The summed E-state index contributed by atoms with van der Waals surface area (Å²) in [6.45, 7) is 2.36. The van der Waals surface area contributed by atoms with Gasteiger partial charge in [0.25, 0.3) is 0 Å². The van der Waals surface area contributed by atoms with Gasteiger partial charge in [0, 0.05) is 13.6 Å². The van der Waals surface area contributed by atoms with Crippen LogP contribution >= 0.6 is 11.6 Å². The monoisotopic (exact) mass is 306 g/mol. The van der Waals surface area contributed by atoms with Crippen LogP contribution in [0.1, 0.15) is 18.9 Å². The summed E-state index contributed by atoms with van der Waals surface area (Å²) in [6.07, 6.45) is 1.95. The van der Waals surface area contributed by atoms with Crippen LogP contribution in [0, 0.1) is 0 Å². The predicted molar refractivity (Wildman–Crippen MR) is 85.7 cm³/mol. The number of aliphatic hydroxyl groups is 1. The van der Waals surface area contributed by atoms with Gasteiger partial charge in [-0.15, -0.1) is 0 Å². The lowest BCUT2D eigenvalue weighted by Crippen LogP contribution is -2.25. The number of nitrogens with zero attached hydrogens (tertiary/aromatic N) is 2. The molecule has 1 heterocycles. The van der Waals surface area contributed by atoms with E-state index >= 15 is 0 Å². The van der Waals surface area contributed by atoms with Crippen molar-refractivity contribution in [1.82, 2.24) is 9.97 Å². The Morgan fingerprint density at radius 2 is 1.95 bits per heavy atom. The second-order valence-electron chi connectivity index (χ2n) is 4.95. The van der Waals surface area contributed by atoms with Crippen LogP contribution in [-0.4, -0.2) is 28.7 Å². The van der Waals surface area contributed by atoms with E-state index in [1.165, 1.54) is 6.33 Å². The summed E-state index contributed by atoms with van der Waals surface area (Å²) >= 11 is 5.99. The average molecular weight is 307 g/mol. The van der Waals surface area contributed by atoms with Gasteiger partial charge >= 0.3 is 0 Å². The second-order valence-corrected chi connectivity index (χ2v) is 5.31. The number of halogens is 1. The Hall–Kier alpha value is -1.85. The van der Waals surface area contributed by atoms with E-state index < -0.39 is 5.60 Å². The third-order valence-corrected chi connectivity index (χ3v) is 3.64. The van der Waals surface area contributed by atoms with Crippen molar-refractivity contribution in [2.24, 2.45) is 0 Å². The Balaban J connectivity index is 2.00. The van der Waals surface area contributed by atoms with E-state index in [0.29, 0.717) is 29.6 Å². The van der Waals surface area contributed by atoms with Crippen LogP contribution in [0.25, 0.3) is 0 Å². The van der Waals surface area contributed by atoms with Crippen molar-refractivity contribution in [2.75, 3.05) is 24.2 Å². The van der Waals surface area contributed by atoms with E-state index in [9.17, 15) is 5.11 Å². The zero-order valence-corrected chi connectivity index (χ0v) is 12.9. The van der Waals surface area contributed by atoms with Gasteiger partial charge in [0.2, 0.25) is 0 Å². The quantitative estimate of drug-likeness (QED) is 0.716. The Bertz CT molecular complexity index is 589. The lowest BCUT2D eigenvalue weighted by atomic mass is 9.93. The van der Waals surface area contributed by atoms with Crippen LogP contribution in [0.4, 0.5) is 11.5 Å². The van der Waals surface area contributed by atoms with E-state index in [-0.39, 0.29) is 0 Å². The molecule has 0 amide bonds. The lowest BCUT2D eigenvalue weighted by Gasteiger charge is -2.24. The lowest BCUT2D eigenvalue weighted by molar-refractivity contribution is 0.0515. The summed E-state index contributed by atoms with van der Waals surface area (Å²) in [5.74, 6) is 0.626. The summed E-state index contributed by atoms with van der Waals surface area (Å²) in [4.78, 5) is 8.07. The number of aromatic nitrogens is 2. The maximum absolute atomic E-state index is 10.5. The molecule has 1 aromatic heterocycles. The first-order valence-corrected chi connectivity index (χ1v) is 7.12. The van der Waals surface area contributed by atoms with Gasteiger partial charge in [-0.25, -0.2) is 9.97 Å². The van der Waals surface area contributed by atoms with Gasteiger partial charge in [0.15, 0.2) is 11.0 Å². The van der Waals surface area contributed by atoms with Crippen LogP contribution in [-0.2, 0) is 5.60 Å². The first-order chi connectivity index (χ1) is 10.0. The molecule has 112 valence electrons. The smallest absolute Gasteiger partial charge is 0.157 e. The number of hydrogen-bond acceptors (Lipinski definition) is 5. The molecule has 0 radical (unpaired) electrons. The average Bonchev–Trinajstić information content (AvgIpc) is 2.48. The van der Waals surface area contributed by atoms with E-state index in [0.717, 1.165) is 5.56 Å². The molecule has 0 saturated heterocycles. The fourth-order valence-electron chi connectivity index (χ4n) is 2.09. The fraction of sp³-hybridized carbons (Fsp3) is 0.333. The van der Waals surface area contributed by atoms with Crippen molar-refractivity contribution in [2.45, 2.75) is 18.9 Å². The minimum absolute atomic E-state index is 0.366. The van der Waals surface area contributed by atoms with Gasteiger partial charge in [-0.3, -0.25) is 0 Å². The Morgan fingerprint density at radius 3 is 2.62 bits per heavy atom. The number of anilines is 2.